The second-order valence-electron chi connectivity index (χ2n) is 7.29. The molecule has 0 unspecified atom stereocenters. The monoisotopic (exact) mass is 400 g/mol. The first-order chi connectivity index (χ1) is 14.1. The molecule has 8 heteroatoms. The average Bonchev–Trinajstić information content (AvgIpc) is 2.74. The molecule has 2 aliphatic rings. The molecular weight excluding hydrogens is 375 g/mol. The summed E-state index contributed by atoms with van der Waals surface area (Å²) in [7, 11) is 1.52. The van der Waals surface area contributed by atoms with Crippen LogP contribution in [0.3, 0.4) is 0 Å². The summed E-state index contributed by atoms with van der Waals surface area (Å²) in [6.07, 6.45) is 1.13. The van der Waals surface area contributed by atoms with E-state index in [2.05, 4.69) is 4.90 Å². The van der Waals surface area contributed by atoms with E-state index in [1.807, 2.05) is 6.07 Å². The second-order valence-corrected chi connectivity index (χ2v) is 7.29. The summed E-state index contributed by atoms with van der Waals surface area (Å²) in [5.74, 6) is 1.24. The Morgan fingerprint density at radius 1 is 1.24 bits per heavy atom. The number of morpholine rings is 1. The third-order valence-electron chi connectivity index (χ3n) is 5.27. The topological polar surface area (TPSA) is 67.8 Å². The number of aromatic nitrogens is 2. The van der Waals surface area contributed by atoms with Gasteiger partial charge in [-0.25, -0.2) is 14.4 Å². The lowest BCUT2D eigenvalue weighted by Gasteiger charge is -2.34. The van der Waals surface area contributed by atoms with Gasteiger partial charge in [0, 0.05) is 45.1 Å². The van der Waals surface area contributed by atoms with Crippen molar-refractivity contribution in [3.63, 3.8) is 0 Å². The first-order valence-electron chi connectivity index (χ1n) is 9.86. The van der Waals surface area contributed by atoms with Crippen molar-refractivity contribution in [2.24, 2.45) is 0 Å². The fourth-order valence-corrected chi connectivity index (χ4v) is 3.82. The van der Waals surface area contributed by atoms with Gasteiger partial charge in [-0.15, -0.1) is 0 Å². The minimum atomic E-state index is -0.263. The van der Waals surface area contributed by atoms with Crippen LogP contribution in [0.25, 0.3) is 0 Å². The van der Waals surface area contributed by atoms with Crippen LogP contribution in [0.15, 0.2) is 24.3 Å². The van der Waals surface area contributed by atoms with Crippen LogP contribution in [0.4, 0.5) is 10.2 Å². The van der Waals surface area contributed by atoms with Gasteiger partial charge in [0.15, 0.2) is 0 Å². The lowest BCUT2D eigenvalue weighted by Crippen LogP contribution is -2.42. The summed E-state index contributed by atoms with van der Waals surface area (Å²) in [6.45, 7) is 3.93. The summed E-state index contributed by atoms with van der Waals surface area (Å²) < 4.78 is 24.1. The molecule has 4 rings (SSSR count). The first kappa shape index (κ1) is 19.7. The third kappa shape index (κ3) is 4.54. The fourth-order valence-electron chi connectivity index (χ4n) is 3.82. The lowest BCUT2D eigenvalue weighted by atomic mass is 10.0. The number of anilines is 1. The quantitative estimate of drug-likeness (QED) is 0.759. The molecule has 2 aromatic rings. The van der Waals surface area contributed by atoms with E-state index in [1.165, 1.54) is 19.2 Å². The maximum Gasteiger partial charge on any atom is 0.248 e. The number of rotatable bonds is 5. The molecule has 2 aliphatic heterocycles. The van der Waals surface area contributed by atoms with Crippen LogP contribution in [0, 0.1) is 5.82 Å². The number of carbonyl (C=O) groups is 1. The standard InChI is InChI=1S/C21H25FN4O3/c1-28-14-20(27)26-6-5-18-17(13-26)21(25-7-9-29-10-8-25)24-19(23-18)12-15-3-2-4-16(22)11-15/h2-4,11H,5-10,12-14H2,1H3. The Balaban J connectivity index is 1.66. The molecule has 7 nitrogen and oxygen atoms in total. The maximum atomic E-state index is 13.6. The molecule has 29 heavy (non-hydrogen) atoms. The number of amides is 1. The van der Waals surface area contributed by atoms with Crippen molar-refractivity contribution in [3.05, 3.63) is 52.7 Å². The number of hydrogen-bond donors (Lipinski definition) is 0. The maximum absolute atomic E-state index is 13.6. The summed E-state index contributed by atoms with van der Waals surface area (Å²) in [5, 5.41) is 0. The summed E-state index contributed by atoms with van der Waals surface area (Å²) in [5.41, 5.74) is 2.80. The highest BCUT2D eigenvalue weighted by atomic mass is 19.1. The van der Waals surface area contributed by atoms with E-state index < -0.39 is 0 Å². The van der Waals surface area contributed by atoms with Gasteiger partial charge in [-0.2, -0.15) is 0 Å². The lowest BCUT2D eigenvalue weighted by molar-refractivity contribution is -0.136. The Hall–Kier alpha value is -2.58. The average molecular weight is 400 g/mol. The summed E-state index contributed by atoms with van der Waals surface area (Å²) in [6, 6.07) is 6.53. The summed E-state index contributed by atoms with van der Waals surface area (Å²) in [4.78, 5) is 25.9. The molecule has 1 fully saturated rings. The number of nitrogens with zero attached hydrogens (tertiary/aromatic N) is 4. The van der Waals surface area contributed by atoms with E-state index in [-0.39, 0.29) is 18.3 Å². The zero-order chi connectivity index (χ0) is 20.2. The van der Waals surface area contributed by atoms with Crippen LogP contribution in [0.1, 0.15) is 22.6 Å². The minimum Gasteiger partial charge on any atom is -0.378 e. The normalized spacial score (nSPS) is 16.6. The van der Waals surface area contributed by atoms with E-state index in [9.17, 15) is 9.18 Å². The molecule has 0 bridgehead atoms. The molecule has 0 aliphatic carbocycles. The van der Waals surface area contributed by atoms with E-state index in [0.717, 1.165) is 35.7 Å². The van der Waals surface area contributed by atoms with E-state index in [0.29, 0.717) is 45.0 Å². The number of hydrogen-bond acceptors (Lipinski definition) is 6. The van der Waals surface area contributed by atoms with Gasteiger partial charge in [-0.05, 0) is 17.7 Å². The SMILES string of the molecule is COCC(=O)N1CCc2nc(Cc3cccc(F)c3)nc(N3CCOCC3)c2C1. The molecule has 0 N–H and O–H groups in total. The Morgan fingerprint density at radius 3 is 2.83 bits per heavy atom. The van der Waals surface area contributed by atoms with Gasteiger partial charge in [-0.3, -0.25) is 4.79 Å². The van der Waals surface area contributed by atoms with Gasteiger partial charge in [-0.1, -0.05) is 12.1 Å². The van der Waals surface area contributed by atoms with Crippen molar-refractivity contribution in [3.8, 4) is 0 Å². The summed E-state index contributed by atoms with van der Waals surface area (Å²) >= 11 is 0. The number of carbonyl (C=O) groups excluding carboxylic acids is 1. The predicted molar refractivity (Wildman–Crippen MR) is 105 cm³/mol. The van der Waals surface area contributed by atoms with Crippen molar-refractivity contribution in [2.45, 2.75) is 19.4 Å². The van der Waals surface area contributed by atoms with Gasteiger partial charge in [0.05, 0.1) is 25.5 Å². The van der Waals surface area contributed by atoms with Crippen molar-refractivity contribution in [1.29, 1.82) is 0 Å². The molecule has 154 valence electrons. The zero-order valence-electron chi connectivity index (χ0n) is 16.6. The van der Waals surface area contributed by atoms with Crippen molar-refractivity contribution in [1.82, 2.24) is 14.9 Å². The number of ether oxygens (including phenoxy) is 2. The molecule has 0 radical (unpaired) electrons. The number of methoxy groups -OCH3 is 1. The molecule has 1 amide bonds. The number of fused-ring (bicyclic) bond motifs is 1. The smallest absolute Gasteiger partial charge is 0.248 e. The third-order valence-corrected chi connectivity index (χ3v) is 5.27. The van der Waals surface area contributed by atoms with E-state index in [4.69, 9.17) is 19.4 Å². The predicted octanol–water partition coefficient (Wildman–Crippen LogP) is 1.57. The van der Waals surface area contributed by atoms with Gasteiger partial charge < -0.3 is 19.3 Å². The van der Waals surface area contributed by atoms with Gasteiger partial charge in [0.25, 0.3) is 0 Å². The molecule has 0 atom stereocenters. The van der Waals surface area contributed by atoms with Crippen LogP contribution in [0.5, 0.6) is 0 Å². The van der Waals surface area contributed by atoms with E-state index >= 15 is 0 Å². The molecule has 1 saturated heterocycles. The van der Waals surface area contributed by atoms with Gasteiger partial charge >= 0.3 is 0 Å². The van der Waals surface area contributed by atoms with E-state index in [1.54, 1.807) is 11.0 Å². The largest absolute Gasteiger partial charge is 0.378 e. The van der Waals surface area contributed by atoms with Crippen molar-refractivity contribution < 1.29 is 18.7 Å². The Morgan fingerprint density at radius 2 is 2.07 bits per heavy atom. The van der Waals surface area contributed by atoms with Gasteiger partial charge in [0.2, 0.25) is 5.91 Å². The zero-order valence-corrected chi connectivity index (χ0v) is 16.6. The Bertz CT molecular complexity index is 886. The highest BCUT2D eigenvalue weighted by molar-refractivity contribution is 5.78. The van der Waals surface area contributed by atoms with Crippen molar-refractivity contribution >= 4 is 11.7 Å². The van der Waals surface area contributed by atoms with Crippen LogP contribution >= 0.6 is 0 Å². The van der Waals surface area contributed by atoms with Crippen LogP contribution in [0.2, 0.25) is 0 Å². The van der Waals surface area contributed by atoms with Crippen LogP contribution < -0.4 is 4.90 Å². The Labute approximate surface area is 169 Å². The Kier molecular flexibility index (Phi) is 6.01. The fraction of sp³-hybridized carbons (Fsp3) is 0.476. The number of benzene rings is 1. The van der Waals surface area contributed by atoms with Crippen molar-refractivity contribution in [2.75, 3.05) is 51.5 Å². The molecular formula is C21H25FN4O3. The van der Waals surface area contributed by atoms with Crippen LogP contribution in [-0.2, 0) is 33.7 Å². The second kappa shape index (κ2) is 8.84. The first-order valence-corrected chi connectivity index (χ1v) is 9.86. The highest BCUT2D eigenvalue weighted by Gasteiger charge is 2.28. The molecule has 0 spiro atoms. The van der Waals surface area contributed by atoms with Crippen LogP contribution in [-0.4, -0.2) is 67.3 Å². The minimum absolute atomic E-state index is 0.0325. The highest BCUT2D eigenvalue weighted by Crippen LogP contribution is 2.28. The molecule has 1 aromatic carbocycles. The molecule has 0 saturated carbocycles. The molecule has 1 aromatic heterocycles. The molecule has 3 heterocycles. The number of halogens is 1. The van der Waals surface area contributed by atoms with Gasteiger partial charge in [0.1, 0.15) is 24.1 Å².